The van der Waals surface area contributed by atoms with Crippen molar-refractivity contribution in [2.24, 2.45) is 0 Å². The lowest BCUT2D eigenvalue weighted by Gasteiger charge is -2.05. The Balaban J connectivity index is 1.58. The van der Waals surface area contributed by atoms with Gasteiger partial charge in [0, 0.05) is 17.3 Å². The Morgan fingerprint density at radius 1 is 1.04 bits per heavy atom. The zero-order chi connectivity index (χ0) is 18.1. The number of benzene rings is 1. The summed E-state index contributed by atoms with van der Waals surface area (Å²) >= 11 is 0. The van der Waals surface area contributed by atoms with E-state index in [1.54, 1.807) is 6.20 Å². The SMILES string of the molecule is Cc1nc(-c2ccc(-c3noc(C(C)c4cncc(F)c4)n3)cc2)n[nH]1. The highest BCUT2D eigenvalue weighted by Gasteiger charge is 2.18. The lowest BCUT2D eigenvalue weighted by molar-refractivity contribution is 0.370. The normalized spacial score (nSPS) is 12.3. The van der Waals surface area contributed by atoms with E-state index in [0.717, 1.165) is 23.1 Å². The molecule has 26 heavy (non-hydrogen) atoms. The molecule has 1 unspecified atom stereocenters. The maximum atomic E-state index is 13.4. The molecule has 130 valence electrons. The van der Waals surface area contributed by atoms with Gasteiger partial charge >= 0.3 is 0 Å². The van der Waals surface area contributed by atoms with Crippen molar-refractivity contribution in [3.63, 3.8) is 0 Å². The van der Waals surface area contributed by atoms with E-state index in [9.17, 15) is 4.39 Å². The Labute approximate surface area is 148 Å². The molecule has 0 radical (unpaired) electrons. The smallest absolute Gasteiger partial charge is 0.234 e. The van der Waals surface area contributed by atoms with Crippen molar-refractivity contribution in [2.75, 3.05) is 0 Å². The molecule has 4 rings (SSSR count). The summed E-state index contributed by atoms with van der Waals surface area (Å²) in [6, 6.07) is 8.96. The van der Waals surface area contributed by atoms with Gasteiger partial charge < -0.3 is 4.52 Å². The molecule has 0 fully saturated rings. The molecule has 0 aliphatic carbocycles. The van der Waals surface area contributed by atoms with Gasteiger partial charge in [0.2, 0.25) is 11.7 Å². The van der Waals surface area contributed by atoms with Gasteiger partial charge in [0.15, 0.2) is 5.82 Å². The number of halogens is 1. The summed E-state index contributed by atoms with van der Waals surface area (Å²) in [5, 5.41) is 11.0. The van der Waals surface area contributed by atoms with Crippen LogP contribution < -0.4 is 0 Å². The zero-order valence-electron chi connectivity index (χ0n) is 14.1. The number of nitrogens with one attached hydrogen (secondary N) is 1. The van der Waals surface area contributed by atoms with E-state index < -0.39 is 5.82 Å². The summed E-state index contributed by atoms with van der Waals surface area (Å²) in [6.45, 7) is 3.71. The fraction of sp³-hybridized carbons (Fsp3) is 0.167. The number of H-pyrrole nitrogens is 1. The van der Waals surface area contributed by atoms with Gasteiger partial charge in [-0.15, -0.1) is 0 Å². The fourth-order valence-corrected chi connectivity index (χ4v) is 2.58. The van der Waals surface area contributed by atoms with Gasteiger partial charge in [-0.25, -0.2) is 9.37 Å². The Bertz CT molecular complexity index is 1040. The molecular formula is C18H15FN6O. The van der Waals surface area contributed by atoms with Gasteiger partial charge in [0.1, 0.15) is 11.6 Å². The second-order valence-corrected chi connectivity index (χ2v) is 5.94. The number of rotatable bonds is 4. The minimum atomic E-state index is -0.396. The van der Waals surface area contributed by atoms with Crippen LogP contribution in [0.1, 0.15) is 30.1 Å². The molecular weight excluding hydrogens is 335 g/mol. The molecule has 0 bridgehead atoms. The molecule has 0 saturated heterocycles. The maximum Gasteiger partial charge on any atom is 0.234 e. The van der Waals surface area contributed by atoms with E-state index in [2.05, 4.69) is 30.3 Å². The molecule has 0 spiro atoms. The molecule has 0 aliphatic rings. The Hall–Kier alpha value is -3.42. The van der Waals surface area contributed by atoms with Gasteiger partial charge in [0.05, 0.1) is 12.1 Å². The van der Waals surface area contributed by atoms with E-state index in [4.69, 9.17) is 4.52 Å². The third-order valence-corrected chi connectivity index (χ3v) is 4.04. The molecule has 8 heteroatoms. The first-order valence-corrected chi connectivity index (χ1v) is 8.04. The van der Waals surface area contributed by atoms with Crippen LogP contribution >= 0.6 is 0 Å². The molecule has 4 aromatic rings. The average Bonchev–Trinajstić information content (AvgIpc) is 3.31. The van der Waals surface area contributed by atoms with E-state index in [0.29, 0.717) is 23.1 Å². The highest BCUT2D eigenvalue weighted by atomic mass is 19.1. The quantitative estimate of drug-likeness (QED) is 0.605. The second kappa shape index (κ2) is 6.47. The first-order valence-electron chi connectivity index (χ1n) is 8.04. The van der Waals surface area contributed by atoms with Crippen LogP contribution in [0, 0.1) is 12.7 Å². The molecule has 7 nitrogen and oxygen atoms in total. The lowest BCUT2D eigenvalue weighted by atomic mass is 10.0. The average molecular weight is 350 g/mol. The summed E-state index contributed by atoms with van der Waals surface area (Å²) < 4.78 is 18.7. The van der Waals surface area contributed by atoms with Crippen LogP contribution in [0.5, 0.6) is 0 Å². The zero-order valence-corrected chi connectivity index (χ0v) is 14.1. The van der Waals surface area contributed by atoms with Crippen molar-refractivity contribution in [2.45, 2.75) is 19.8 Å². The van der Waals surface area contributed by atoms with Crippen LogP contribution in [0.15, 0.2) is 47.2 Å². The van der Waals surface area contributed by atoms with Gasteiger partial charge in [0.25, 0.3) is 0 Å². The maximum absolute atomic E-state index is 13.4. The summed E-state index contributed by atoms with van der Waals surface area (Å²) in [7, 11) is 0. The molecule has 3 heterocycles. The summed E-state index contributed by atoms with van der Waals surface area (Å²) in [5.41, 5.74) is 2.37. The van der Waals surface area contributed by atoms with Crippen LogP contribution in [-0.4, -0.2) is 30.3 Å². The Morgan fingerprint density at radius 3 is 2.42 bits per heavy atom. The summed E-state index contributed by atoms with van der Waals surface area (Å²) in [4.78, 5) is 12.6. The van der Waals surface area contributed by atoms with Crippen molar-refractivity contribution < 1.29 is 8.91 Å². The van der Waals surface area contributed by atoms with Crippen molar-refractivity contribution in [3.05, 3.63) is 65.8 Å². The van der Waals surface area contributed by atoms with Crippen molar-refractivity contribution >= 4 is 0 Å². The second-order valence-electron chi connectivity index (χ2n) is 5.94. The predicted molar refractivity (Wildman–Crippen MR) is 91.6 cm³/mol. The van der Waals surface area contributed by atoms with Gasteiger partial charge in [-0.3, -0.25) is 10.1 Å². The number of hydrogen-bond acceptors (Lipinski definition) is 6. The van der Waals surface area contributed by atoms with E-state index in [-0.39, 0.29) is 5.92 Å². The van der Waals surface area contributed by atoms with E-state index >= 15 is 0 Å². The molecule has 1 aromatic carbocycles. The standard InChI is InChI=1S/C18H15FN6O/c1-10(14-7-15(19)9-20-8-14)18-22-17(25-26-18)13-5-3-12(4-6-13)16-21-11(2)23-24-16/h3-10H,1-2H3,(H,21,23,24). The number of aromatic nitrogens is 6. The highest BCUT2D eigenvalue weighted by molar-refractivity contribution is 5.62. The molecule has 1 atom stereocenters. The minimum Gasteiger partial charge on any atom is -0.338 e. The Kier molecular flexibility index (Phi) is 4.00. The number of aryl methyl sites for hydroxylation is 1. The van der Waals surface area contributed by atoms with Gasteiger partial charge in [-0.1, -0.05) is 29.4 Å². The van der Waals surface area contributed by atoms with E-state index in [1.807, 2.05) is 38.1 Å². The number of hydrogen-bond donors (Lipinski definition) is 1. The third kappa shape index (κ3) is 3.08. The van der Waals surface area contributed by atoms with Crippen LogP contribution in [0.2, 0.25) is 0 Å². The predicted octanol–water partition coefficient (Wildman–Crippen LogP) is 3.52. The van der Waals surface area contributed by atoms with Crippen LogP contribution in [0.4, 0.5) is 4.39 Å². The van der Waals surface area contributed by atoms with Crippen molar-refractivity contribution in [3.8, 4) is 22.8 Å². The molecule has 0 saturated carbocycles. The topological polar surface area (TPSA) is 93.4 Å². The largest absolute Gasteiger partial charge is 0.338 e. The number of aromatic amines is 1. The monoisotopic (exact) mass is 350 g/mol. The van der Waals surface area contributed by atoms with Gasteiger partial charge in [-0.2, -0.15) is 10.1 Å². The molecule has 0 amide bonds. The molecule has 0 aliphatic heterocycles. The van der Waals surface area contributed by atoms with Crippen molar-refractivity contribution in [1.82, 2.24) is 30.3 Å². The van der Waals surface area contributed by atoms with Crippen LogP contribution in [-0.2, 0) is 0 Å². The Morgan fingerprint density at radius 2 is 1.77 bits per heavy atom. The first-order chi connectivity index (χ1) is 12.6. The summed E-state index contributed by atoms with van der Waals surface area (Å²) in [6.07, 6.45) is 2.75. The summed E-state index contributed by atoms with van der Waals surface area (Å²) in [5.74, 6) is 1.61. The molecule has 3 aromatic heterocycles. The third-order valence-electron chi connectivity index (χ3n) is 4.04. The highest BCUT2D eigenvalue weighted by Crippen LogP contribution is 2.26. The van der Waals surface area contributed by atoms with Crippen molar-refractivity contribution in [1.29, 1.82) is 0 Å². The first kappa shape index (κ1) is 16.1. The fourth-order valence-electron chi connectivity index (χ4n) is 2.58. The van der Waals surface area contributed by atoms with E-state index in [1.165, 1.54) is 6.07 Å². The van der Waals surface area contributed by atoms with Crippen LogP contribution in [0.3, 0.4) is 0 Å². The van der Waals surface area contributed by atoms with Gasteiger partial charge in [-0.05, 0) is 25.5 Å². The lowest BCUT2D eigenvalue weighted by Crippen LogP contribution is -1.98. The molecule has 1 N–H and O–H groups in total. The number of pyridine rings is 1. The minimum absolute atomic E-state index is 0.255. The number of nitrogens with zero attached hydrogens (tertiary/aromatic N) is 5. The van der Waals surface area contributed by atoms with Crippen LogP contribution in [0.25, 0.3) is 22.8 Å².